The van der Waals surface area contributed by atoms with Gasteiger partial charge in [-0.1, -0.05) is 13.3 Å². The monoisotopic (exact) mass is 302 g/mol. The number of hydrogen-bond donors (Lipinski definition) is 1. The second-order valence-electron chi connectivity index (χ2n) is 5.08. The van der Waals surface area contributed by atoms with E-state index in [1.54, 1.807) is 14.0 Å². The molecule has 0 saturated carbocycles. The van der Waals surface area contributed by atoms with Gasteiger partial charge in [-0.2, -0.15) is 4.31 Å². The van der Waals surface area contributed by atoms with E-state index < -0.39 is 15.8 Å². The summed E-state index contributed by atoms with van der Waals surface area (Å²) in [5, 5.41) is 0. The fourth-order valence-electron chi connectivity index (χ4n) is 2.11. The largest absolute Gasteiger partial charge is 0.326 e. The fourth-order valence-corrected chi connectivity index (χ4v) is 3.64. The Balaban J connectivity index is 3.25. The standard InChI is InChI=1S/C14H23FN2O2S/c1-5-6-11(3)17(4)20(18,19)13-7-10(2)14(15)12(8-13)9-16/h7-8,11H,5-6,9,16H2,1-4H3. The van der Waals surface area contributed by atoms with Crippen molar-refractivity contribution in [1.29, 1.82) is 0 Å². The van der Waals surface area contributed by atoms with Crippen molar-refractivity contribution < 1.29 is 12.8 Å². The highest BCUT2D eigenvalue weighted by molar-refractivity contribution is 7.89. The summed E-state index contributed by atoms with van der Waals surface area (Å²) in [6.45, 7) is 5.39. The summed E-state index contributed by atoms with van der Waals surface area (Å²) in [7, 11) is -2.07. The quantitative estimate of drug-likeness (QED) is 0.877. The molecule has 1 rings (SSSR count). The van der Waals surface area contributed by atoms with E-state index in [2.05, 4.69) is 0 Å². The Morgan fingerprint density at radius 3 is 2.50 bits per heavy atom. The lowest BCUT2D eigenvalue weighted by Gasteiger charge is -2.24. The lowest BCUT2D eigenvalue weighted by Crippen LogP contribution is -2.35. The van der Waals surface area contributed by atoms with Crippen LogP contribution in [0.4, 0.5) is 4.39 Å². The topological polar surface area (TPSA) is 63.4 Å². The van der Waals surface area contributed by atoms with Crippen LogP contribution >= 0.6 is 0 Å². The van der Waals surface area contributed by atoms with Crippen molar-refractivity contribution in [3.63, 3.8) is 0 Å². The van der Waals surface area contributed by atoms with Gasteiger partial charge in [0.15, 0.2) is 0 Å². The first-order chi connectivity index (χ1) is 9.25. The first kappa shape index (κ1) is 17.1. The average Bonchev–Trinajstić information content (AvgIpc) is 2.40. The number of halogens is 1. The van der Waals surface area contributed by atoms with E-state index in [0.29, 0.717) is 5.56 Å². The van der Waals surface area contributed by atoms with Crippen LogP contribution in [0.2, 0.25) is 0 Å². The maximum absolute atomic E-state index is 13.8. The van der Waals surface area contributed by atoms with E-state index in [-0.39, 0.29) is 23.0 Å². The molecular weight excluding hydrogens is 279 g/mol. The molecule has 0 fully saturated rings. The molecule has 0 radical (unpaired) electrons. The minimum Gasteiger partial charge on any atom is -0.326 e. The van der Waals surface area contributed by atoms with Crippen molar-refractivity contribution in [2.75, 3.05) is 7.05 Å². The molecule has 1 aromatic carbocycles. The highest BCUT2D eigenvalue weighted by Crippen LogP contribution is 2.23. The summed E-state index contributed by atoms with van der Waals surface area (Å²) in [6.07, 6.45) is 1.68. The number of benzene rings is 1. The van der Waals surface area contributed by atoms with E-state index in [1.807, 2.05) is 13.8 Å². The summed E-state index contributed by atoms with van der Waals surface area (Å²) in [5.41, 5.74) is 5.98. The van der Waals surface area contributed by atoms with Gasteiger partial charge in [-0.05, 0) is 38.0 Å². The zero-order chi connectivity index (χ0) is 15.5. The molecular formula is C14H23FN2O2S. The van der Waals surface area contributed by atoms with Gasteiger partial charge in [-0.15, -0.1) is 0 Å². The second-order valence-corrected chi connectivity index (χ2v) is 7.07. The zero-order valence-electron chi connectivity index (χ0n) is 12.5. The molecule has 0 aliphatic rings. The first-order valence-corrected chi connectivity index (χ1v) is 8.16. The van der Waals surface area contributed by atoms with Crippen LogP contribution in [0.1, 0.15) is 37.8 Å². The summed E-state index contributed by atoms with van der Waals surface area (Å²) in [6, 6.07) is 2.59. The van der Waals surface area contributed by atoms with Crippen LogP contribution in [0.5, 0.6) is 0 Å². The maximum Gasteiger partial charge on any atom is 0.243 e. The molecule has 4 nitrogen and oxygen atoms in total. The highest BCUT2D eigenvalue weighted by Gasteiger charge is 2.26. The van der Waals surface area contributed by atoms with Gasteiger partial charge in [-0.3, -0.25) is 0 Å². The lowest BCUT2D eigenvalue weighted by atomic mass is 10.1. The number of aryl methyl sites for hydroxylation is 1. The van der Waals surface area contributed by atoms with Crippen molar-refractivity contribution in [1.82, 2.24) is 4.31 Å². The third-order valence-electron chi connectivity index (χ3n) is 3.53. The molecule has 1 atom stereocenters. The summed E-state index contributed by atoms with van der Waals surface area (Å²) in [4.78, 5) is 0.0994. The second kappa shape index (κ2) is 6.65. The molecule has 114 valence electrons. The molecule has 0 bridgehead atoms. The third-order valence-corrected chi connectivity index (χ3v) is 5.48. The molecule has 2 N–H and O–H groups in total. The molecule has 0 aliphatic heterocycles. The highest BCUT2D eigenvalue weighted by atomic mass is 32.2. The van der Waals surface area contributed by atoms with Gasteiger partial charge in [0.25, 0.3) is 0 Å². The molecule has 0 spiro atoms. The van der Waals surface area contributed by atoms with Crippen molar-refractivity contribution in [2.45, 2.75) is 51.1 Å². The van der Waals surface area contributed by atoms with Gasteiger partial charge in [-0.25, -0.2) is 12.8 Å². The summed E-state index contributed by atoms with van der Waals surface area (Å²) in [5.74, 6) is -0.435. The summed E-state index contributed by atoms with van der Waals surface area (Å²) >= 11 is 0. The molecule has 0 saturated heterocycles. The van der Waals surface area contributed by atoms with Crippen molar-refractivity contribution >= 4 is 10.0 Å². The Bertz CT molecular complexity index is 573. The summed E-state index contributed by atoms with van der Waals surface area (Å²) < 4.78 is 40.2. The van der Waals surface area contributed by atoms with E-state index in [4.69, 9.17) is 5.73 Å². The molecule has 6 heteroatoms. The Kier molecular flexibility index (Phi) is 5.68. The van der Waals surface area contributed by atoms with Crippen LogP contribution in [0.15, 0.2) is 17.0 Å². The minimum atomic E-state index is -3.62. The van der Waals surface area contributed by atoms with Gasteiger partial charge >= 0.3 is 0 Å². The lowest BCUT2D eigenvalue weighted by molar-refractivity contribution is 0.368. The number of nitrogens with two attached hydrogens (primary N) is 1. The molecule has 20 heavy (non-hydrogen) atoms. The van der Waals surface area contributed by atoms with Crippen LogP contribution in [0.3, 0.4) is 0 Å². The Labute approximate surface area is 120 Å². The number of hydrogen-bond acceptors (Lipinski definition) is 3. The minimum absolute atomic E-state index is 0.0236. The van der Waals surface area contributed by atoms with Crippen LogP contribution < -0.4 is 5.73 Å². The van der Waals surface area contributed by atoms with E-state index in [9.17, 15) is 12.8 Å². The number of nitrogens with zero attached hydrogens (tertiary/aromatic N) is 1. The van der Waals surface area contributed by atoms with Gasteiger partial charge in [0.1, 0.15) is 5.82 Å². The predicted octanol–water partition coefficient (Wildman–Crippen LogP) is 2.40. The van der Waals surface area contributed by atoms with Crippen molar-refractivity contribution in [3.05, 3.63) is 29.1 Å². The van der Waals surface area contributed by atoms with E-state index in [1.165, 1.54) is 16.4 Å². The van der Waals surface area contributed by atoms with Crippen LogP contribution in [-0.2, 0) is 16.6 Å². The Morgan fingerprint density at radius 2 is 2.00 bits per heavy atom. The van der Waals surface area contributed by atoms with Crippen LogP contribution in [-0.4, -0.2) is 25.8 Å². The molecule has 0 aromatic heterocycles. The van der Waals surface area contributed by atoms with E-state index in [0.717, 1.165) is 12.8 Å². The van der Waals surface area contributed by atoms with Crippen LogP contribution in [0, 0.1) is 12.7 Å². The molecule has 1 aromatic rings. The van der Waals surface area contributed by atoms with E-state index >= 15 is 0 Å². The molecule has 0 amide bonds. The molecule has 1 unspecified atom stereocenters. The van der Waals surface area contributed by atoms with Gasteiger partial charge in [0, 0.05) is 25.2 Å². The number of rotatable bonds is 6. The normalized spacial score (nSPS) is 13.8. The van der Waals surface area contributed by atoms with Gasteiger partial charge < -0.3 is 5.73 Å². The van der Waals surface area contributed by atoms with Gasteiger partial charge in [0.2, 0.25) is 10.0 Å². The first-order valence-electron chi connectivity index (χ1n) is 6.72. The van der Waals surface area contributed by atoms with Gasteiger partial charge in [0.05, 0.1) is 4.90 Å². The third kappa shape index (κ3) is 3.37. The smallest absolute Gasteiger partial charge is 0.243 e. The predicted molar refractivity (Wildman–Crippen MR) is 78.3 cm³/mol. The Morgan fingerprint density at radius 1 is 1.40 bits per heavy atom. The maximum atomic E-state index is 13.8. The zero-order valence-corrected chi connectivity index (χ0v) is 13.3. The Hall–Kier alpha value is -0.980. The van der Waals surface area contributed by atoms with Crippen molar-refractivity contribution in [2.24, 2.45) is 5.73 Å². The average molecular weight is 302 g/mol. The fraction of sp³-hybridized carbons (Fsp3) is 0.571. The molecule has 0 aliphatic carbocycles. The van der Waals surface area contributed by atoms with Crippen LogP contribution in [0.25, 0.3) is 0 Å². The number of sulfonamides is 1. The SMILES string of the molecule is CCCC(C)N(C)S(=O)(=O)c1cc(C)c(F)c(CN)c1. The van der Waals surface area contributed by atoms with Crippen molar-refractivity contribution in [3.8, 4) is 0 Å². The molecule has 0 heterocycles.